The molecule has 0 aromatic carbocycles. The lowest BCUT2D eigenvalue weighted by molar-refractivity contribution is -0.117. The lowest BCUT2D eigenvalue weighted by atomic mass is 9.78. The van der Waals surface area contributed by atoms with Gasteiger partial charge in [0.25, 0.3) is 0 Å². The van der Waals surface area contributed by atoms with Crippen LogP contribution in [0.1, 0.15) is 61.8 Å². The van der Waals surface area contributed by atoms with Crippen LogP contribution in [0.25, 0.3) is 0 Å². The molecule has 0 bridgehead atoms. The third-order valence-electron chi connectivity index (χ3n) is 5.18. The molecule has 5 nitrogen and oxygen atoms in total. The Kier molecular flexibility index (Phi) is 6.62. The third-order valence-corrected chi connectivity index (χ3v) is 6.23. The molecule has 0 spiro atoms. The van der Waals surface area contributed by atoms with Gasteiger partial charge in [-0.15, -0.1) is 12.4 Å². The van der Waals surface area contributed by atoms with E-state index in [0.717, 1.165) is 42.9 Å². The van der Waals surface area contributed by atoms with E-state index in [9.17, 15) is 9.59 Å². The average Bonchev–Trinajstić information content (AvgIpc) is 2.89. The Balaban J connectivity index is 0.00000225. The molecular weight excluding hydrogens is 358 g/mol. The van der Waals surface area contributed by atoms with Crippen molar-refractivity contribution >= 4 is 40.6 Å². The van der Waals surface area contributed by atoms with E-state index >= 15 is 0 Å². The highest BCUT2D eigenvalue weighted by Crippen LogP contribution is 2.38. The summed E-state index contributed by atoms with van der Waals surface area (Å²) in [6, 6.07) is 0. The van der Waals surface area contributed by atoms with Gasteiger partial charge in [-0.3, -0.25) is 9.59 Å². The molecule has 1 unspecified atom stereocenters. The molecular formula is C18H28ClN3O2S. The molecule has 1 aliphatic carbocycles. The van der Waals surface area contributed by atoms with Crippen LogP contribution < -0.4 is 10.6 Å². The number of piperidine rings is 1. The zero-order valence-corrected chi connectivity index (χ0v) is 16.8. The van der Waals surface area contributed by atoms with Crippen LogP contribution in [0.3, 0.4) is 0 Å². The van der Waals surface area contributed by atoms with Gasteiger partial charge in [0.2, 0.25) is 5.91 Å². The van der Waals surface area contributed by atoms with E-state index in [-0.39, 0.29) is 29.5 Å². The molecule has 1 aliphatic heterocycles. The van der Waals surface area contributed by atoms with Gasteiger partial charge in [-0.05, 0) is 49.6 Å². The molecule has 0 radical (unpaired) electrons. The number of aromatic nitrogens is 1. The number of halogens is 1. The van der Waals surface area contributed by atoms with Crippen molar-refractivity contribution in [2.24, 2.45) is 17.3 Å². The number of thiazole rings is 1. The van der Waals surface area contributed by atoms with Gasteiger partial charge in [0, 0.05) is 12.8 Å². The van der Waals surface area contributed by atoms with E-state index in [2.05, 4.69) is 36.4 Å². The summed E-state index contributed by atoms with van der Waals surface area (Å²) in [5.41, 5.74) is 0.811. The highest BCUT2D eigenvalue weighted by Gasteiger charge is 2.34. The maximum Gasteiger partial charge on any atom is 0.226 e. The number of nitrogens with zero attached hydrogens (tertiary/aromatic N) is 1. The lowest BCUT2D eigenvalue weighted by Crippen LogP contribution is -2.32. The lowest BCUT2D eigenvalue weighted by Gasteiger charge is -2.27. The van der Waals surface area contributed by atoms with Crippen molar-refractivity contribution in [2.75, 3.05) is 18.4 Å². The van der Waals surface area contributed by atoms with Gasteiger partial charge in [-0.2, -0.15) is 0 Å². The topological polar surface area (TPSA) is 71.1 Å². The van der Waals surface area contributed by atoms with Crippen molar-refractivity contribution in [1.82, 2.24) is 10.3 Å². The Morgan fingerprint density at radius 2 is 2.04 bits per heavy atom. The van der Waals surface area contributed by atoms with Crippen molar-refractivity contribution in [1.29, 1.82) is 0 Å². The van der Waals surface area contributed by atoms with Crippen molar-refractivity contribution in [3.8, 4) is 0 Å². The number of ketones is 1. The Bertz CT molecular complexity index is 638. The number of Topliss-reactive ketones (excluding diaryl/α,β-unsaturated/α-hetero) is 1. The van der Waals surface area contributed by atoms with Gasteiger partial charge in [0.05, 0.1) is 10.6 Å². The van der Waals surface area contributed by atoms with E-state index < -0.39 is 0 Å². The van der Waals surface area contributed by atoms with E-state index in [4.69, 9.17) is 0 Å². The van der Waals surface area contributed by atoms with Crippen LogP contribution in [-0.2, 0) is 11.2 Å². The number of carbonyl (C=O) groups is 2. The number of carbonyl (C=O) groups excluding carboxylic acids is 2. The summed E-state index contributed by atoms with van der Waals surface area (Å²) < 4.78 is 0. The number of rotatable bonds is 4. The van der Waals surface area contributed by atoms with E-state index in [1.807, 2.05) is 0 Å². The summed E-state index contributed by atoms with van der Waals surface area (Å²) in [6.07, 6.45) is 4.16. The second-order valence-corrected chi connectivity index (χ2v) is 9.05. The normalized spacial score (nSPS) is 21.2. The molecule has 140 valence electrons. The molecule has 3 rings (SSSR count). The first-order valence-electron chi connectivity index (χ1n) is 8.87. The zero-order valence-electron chi connectivity index (χ0n) is 15.2. The Hall–Kier alpha value is -0.980. The number of fused-ring (bicyclic) bond motifs is 1. The molecule has 1 fully saturated rings. The van der Waals surface area contributed by atoms with E-state index in [1.54, 1.807) is 0 Å². The summed E-state index contributed by atoms with van der Waals surface area (Å²) in [7, 11) is 0. The number of hydrogen-bond donors (Lipinski definition) is 2. The Labute approximate surface area is 159 Å². The second kappa shape index (κ2) is 8.14. The molecule has 0 saturated carbocycles. The first-order valence-corrected chi connectivity index (χ1v) is 9.69. The quantitative estimate of drug-likeness (QED) is 0.829. The van der Waals surface area contributed by atoms with Gasteiger partial charge in [0.1, 0.15) is 0 Å². The first-order chi connectivity index (χ1) is 11.3. The monoisotopic (exact) mass is 385 g/mol. The second-order valence-electron chi connectivity index (χ2n) is 8.05. The van der Waals surface area contributed by atoms with Crippen LogP contribution in [0.2, 0.25) is 0 Å². The van der Waals surface area contributed by atoms with Crippen LogP contribution in [0, 0.1) is 17.3 Å². The smallest absolute Gasteiger partial charge is 0.226 e. The highest BCUT2D eigenvalue weighted by molar-refractivity contribution is 7.17. The van der Waals surface area contributed by atoms with Gasteiger partial charge in [-0.25, -0.2) is 4.98 Å². The molecule has 2 aliphatic rings. The van der Waals surface area contributed by atoms with Crippen LogP contribution >= 0.6 is 23.7 Å². The first kappa shape index (κ1) is 20.3. The van der Waals surface area contributed by atoms with Crippen molar-refractivity contribution < 1.29 is 9.59 Å². The largest absolute Gasteiger partial charge is 0.317 e. The Morgan fingerprint density at radius 3 is 2.72 bits per heavy atom. The average molecular weight is 386 g/mol. The minimum atomic E-state index is -0.0387. The van der Waals surface area contributed by atoms with Gasteiger partial charge >= 0.3 is 0 Å². The molecule has 7 heteroatoms. The van der Waals surface area contributed by atoms with E-state index in [1.165, 1.54) is 11.3 Å². The molecule has 1 aromatic heterocycles. The number of hydrogen-bond acceptors (Lipinski definition) is 5. The fourth-order valence-electron chi connectivity index (χ4n) is 3.82. The number of amides is 1. The van der Waals surface area contributed by atoms with Gasteiger partial charge < -0.3 is 10.6 Å². The maximum atomic E-state index is 12.3. The summed E-state index contributed by atoms with van der Waals surface area (Å²) >= 11 is 1.33. The molecule has 25 heavy (non-hydrogen) atoms. The molecule has 1 saturated heterocycles. The SMILES string of the molecule is CC(CC(=O)Nc1nc2c(s1)C(=O)CC(C)(C)C2)C1CCNCC1.Cl. The summed E-state index contributed by atoms with van der Waals surface area (Å²) in [5, 5.41) is 6.86. The molecule has 2 N–H and O–H groups in total. The number of nitrogens with one attached hydrogen (secondary N) is 2. The predicted molar refractivity (Wildman–Crippen MR) is 104 cm³/mol. The zero-order chi connectivity index (χ0) is 17.3. The minimum absolute atomic E-state index is 0. The molecule has 1 aromatic rings. The summed E-state index contributed by atoms with van der Waals surface area (Å²) in [4.78, 5) is 29.8. The summed E-state index contributed by atoms with van der Waals surface area (Å²) in [6.45, 7) is 8.44. The molecule has 1 amide bonds. The fourth-order valence-corrected chi connectivity index (χ4v) is 4.75. The summed E-state index contributed by atoms with van der Waals surface area (Å²) in [5.74, 6) is 1.16. The van der Waals surface area contributed by atoms with Crippen LogP contribution in [0.5, 0.6) is 0 Å². The van der Waals surface area contributed by atoms with Crippen molar-refractivity contribution in [3.05, 3.63) is 10.6 Å². The standard InChI is InChI=1S/C18H27N3O2S.ClH/c1-11(12-4-6-19-7-5-12)8-15(23)21-17-20-13-9-18(2,3)10-14(22)16(13)24-17;/h11-12,19H,4-10H2,1-3H3,(H,20,21,23);1H. The molecule has 2 heterocycles. The maximum absolute atomic E-state index is 12.3. The third kappa shape index (κ3) is 5.02. The van der Waals surface area contributed by atoms with Gasteiger partial charge in [-0.1, -0.05) is 32.1 Å². The van der Waals surface area contributed by atoms with Crippen molar-refractivity contribution in [2.45, 2.75) is 52.9 Å². The molecule has 1 atom stereocenters. The van der Waals surface area contributed by atoms with Crippen LogP contribution in [-0.4, -0.2) is 29.8 Å². The van der Waals surface area contributed by atoms with Crippen LogP contribution in [0.15, 0.2) is 0 Å². The van der Waals surface area contributed by atoms with Crippen LogP contribution in [0.4, 0.5) is 5.13 Å². The minimum Gasteiger partial charge on any atom is -0.317 e. The Morgan fingerprint density at radius 1 is 1.36 bits per heavy atom. The van der Waals surface area contributed by atoms with Crippen molar-refractivity contribution in [3.63, 3.8) is 0 Å². The fraction of sp³-hybridized carbons (Fsp3) is 0.722. The predicted octanol–water partition coefficient (Wildman–Crippen LogP) is 3.68. The number of anilines is 1. The van der Waals surface area contributed by atoms with Gasteiger partial charge in [0.15, 0.2) is 10.9 Å². The highest BCUT2D eigenvalue weighted by atomic mass is 35.5. The van der Waals surface area contributed by atoms with E-state index in [0.29, 0.717) is 29.8 Å².